The van der Waals surface area contributed by atoms with Crippen molar-refractivity contribution in [3.63, 3.8) is 0 Å². The first-order valence-electron chi connectivity index (χ1n) is 4.79. The lowest BCUT2D eigenvalue weighted by molar-refractivity contribution is 0.556. The summed E-state index contributed by atoms with van der Waals surface area (Å²) >= 11 is 8.79. The molecule has 1 aromatic carbocycles. The van der Waals surface area contributed by atoms with Gasteiger partial charge in [0, 0.05) is 16.4 Å². The first kappa shape index (κ1) is 14.0. The van der Waals surface area contributed by atoms with Crippen LogP contribution in [0.5, 0.6) is 0 Å². The van der Waals surface area contributed by atoms with Crippen molar-refractivity contribution in [1.29, 1.82) is 0 Å². The predicted molar refractivity (Wildman–Crippen MR) is 69.3 cm³/mol. The Morgan fingerprint density at radius 2 is 2.19 bits per heavy atom. The third-order valence-electron chi connectivity index (χ3n) is 2.00. The molecule has 0 aliphatic carbocycles. The summed E-state index contributed by atoms with van der Waals surface area (Å²) in [6.45, 7) is 1.79. The van der Waals surface area contributed by atoms with Gasteiger partial charge in [-0.2, -0.15) is 0 Å². The molecule has 1 rings (SSSR count). The van der Waals surface area contributed by atoms with Crippen LogP contribution in [-0.2, 0) is 10.0 Å². The summed E-state index contributed by atoms with van der Waals surface area (Å²) in [6, 6.07) is 6.42. The lowest BCUT2D eigenvalue weighted by atomic mass is 10.3. The van der Waals surface area contributed by atoms with Gasteiger partial charge in [-0.25, -0.2) is 13.1 Å². The van der Waals surface area contributed by atoms with Crippen LogP contribution in [0.2, 0.25) is 0 Å². The average molecular weight is 327 g/mol. The van der Waals surface area contributed by atoms with Crippen LogP contribution in [0.3, 0.4) is 0 Å². The van der Waals surface area contributed by atoms with Gasteiger partial charge in [0.25, 0.3) is 0 Å². The quantitative estimate of drug-likeness (QED) is 0.846. The highest BCUT2D eigenvalue weighted by atomic mass is 79.9. The fourth-order valence-electron chi connectivity index (χ4n) is 1.19. The van der Waals surface area contributed by atoms with E-state index in [0.29, 0.717) is 12.3 Å². The molecule has 0 amide bonds. The lowest BCUT2D eigenvalue weighted by Gasteiger charge is -2.12. The Morgan fingerprint density at radius 1 is 1.50 bits per heavy atom. The minimum atomic E-state index is -3.44. The average Bonchev–Trinajstić information content (AvgIpc) is 2.17. The predicted octanol–water partition coefficient (Wildman–Crippen LogP) is 2.74. The summed E-state index contributed by atoms with van der Waals surface area (Å²) in [4.78, 5) is 0.253. The summed E-state index contributed by atoms with van der Waals surface area (Å²) in [6.07, 6.45) is 0.606. The fourth-order valence-corrected chi connectivity index (χ4v) is 3.39. The van der Waals surface area contributed by atoms with E-state index in [1.165, 1.54) is 0 Å². The van der Waals surface area contributed by atoms with Gasteiger partial charge < -0.3 is 0 Å². The number of hydrogen-bond acceptors (Lipinski definition) is 2. The van der Waals surface area contributed by atoms with Gasteiger partial charge in [-0.3, -0.25) is 0 Å². The van der Waals surface area contributed by atoms with E-state index in [1.54, 1.807) is 31.2 Å². The Morgan fingerprint density at radius 3 is 2.75 bits per heavy atom. The SMILES string of the molecule is CC(CCCl)NS(=O)(=O)c1cccc(Br)c1. The zero-order valence-corrected chi connectivity index (χ0v) is 11.9. The molecular formula is C10H13BrClNO2S. The highest BCUT2D eigenvalue weighted by molar-refractivity contribution is 9.10. The van der Waals surface area contributed by atoms with Crippen LogP contribution < -0.4 is 4.72 Å². The van der Waals surface area contributed by atoms with Crippen molar-refractivity contribution in [3.8, 4) is 0 Å². The molecule has 0 aliphatic heterocycles. The van der Waals surface area contributed by atoms with Crippen molar-refractivity contribution in [2.45, 2.75) is 24.3 Å². The molecule has 1 unspecified atom stereocenters. The summed E-state index contributed by atoms with van der Waals surface area (Å²) in [5.74, 6) is 0.433. The summed E-state index contributed by atoms with van der Waals surface area (Å²) in [5, 5.41) is 0. The summed E-state index contributed by atoms with van der Waals surface area (Å²) in [5.41, 5.74) is 0. The van der Waals surface area contributed by atoms with Crippen molar-refractivity contribution >= 4 is 37.6 Å². The summed E-state index contributed by atoms with van der Waals surface area (Å²) in [7, 11) is -3.44. The number of nitrogens with one attached hydrogen (secondary N) is 1. The molecule has 0 saturated carbocycles. The number of halogens is 2. The van der Waals surface area contributed by atoms with Gasteiger partial charge >= 0.3 is 0 Å². The molecule has 0 saturated heterocycles. The van der Waals surface area contributed by atoms with Crippen LogP contribution in [0.25, 0.3) is 0 Å². The van der Waals surface area contributed by atoms with E-state index in [4.69, 9.17) is 11.6 Å². The first-order valence-corrected chi connectivity index (χ1v) is 7.60. The van der Waals surface area contributed by atoms with Gasteiger partial charge in [-0.1, -0.05) is 22.0 Å². The maximum atomic E-state index is 11.9. The molecular weight excluding hydrogens is 314 g/mol. The number of benzene rings is 1. The maximum Gasteiger partial charge on any atom is 0.240 e. The minimum Gasteiger partial charge on any atom is -0.208 e. The van der Waals surface area contributed by atoms with Crippen LogP contribution in [0.4, 0.5) is 0 Å². The Balaban J connectivity index is 2.86. The van der Waals surface area contributed by atoms with E-state index in [9.17, 15) is 8.42 Å². The van der Waals surface area contributed by atoms with Gasteiger partial charge in [-0.15, -0.1) is 11.6 Å². The van der Waals surface area contributed by atoms with Crippen molar-refractivity contribution in [3.05, 3.63) is 28.7 Å². The van der Waals surface area contributed by atoms with Crippen LogP contribution in [-0.4, -0.2) is 20.3 Å². The molecule has 3 nitrogen and oxygen atoms in total. The smallest absolute Gasteiger partial charge is 0.208 e. The van der Waals surface area contributed by atoms with Crippen LogP contribution in [0.15, 0.2) is 33.6 Å². The van der Waals surface area contributed by atoms with Crippen LogP contribution >= 0.6 is 27.5 Å². The van der Waals surface area contributed by atoms with Crippen LogP contribution in [0, 0.1) is 0 Å². The van der Waals surface area contributed by atoms with E-state index < -0.39 is 10.0 Å². The maximum absolute atomic E-state index is 11.9. The Hall–Kier alpha value is -0.100. The molecule has 1 aromatic rings. The monoisotopic (exact) mass is 325 g/mol. The van der Waals surface area contributed by atoms with E-state index in [0.717, 1.165) is 4.47 Å². The second-order valence-corrected chi connectivity index (χ2v) is 6.46. The molecule has 6 heteroatoms. The fraction of sp³-hybridized carbons (Fsp3) is 0.400. The molecule has 0 aliphatic rings. The molecule has 0 radical (unpaired) electrons. The van der Waals surface area contributed by atoms with Gasteiger partial charge in [0.05, 0.1) is 4.90 Å². The Kier molecular flexibility index (Phi) is 5.24. The topological polar surface area (TPSA) is 46.2 Å². The molecule has 90 valence electrons. The van der Waals surface area contributed by atoms with Gasteiger partial charge in [0.2, 0.25) is 10.0 Å². The molecule has 0 bridgehead atoms. The van der Waals surface area contributed by atoms with Crippen molar-refractivity contribution in [2.24, 2.45) is 0 Å². The first-order chi connectivity index (χ1) is 7.45. The molecule has 1 atom stereocenters. The van der Waals surface area contributed by atoms with Gasteiger partial charge in [-0.05, 0) is 31.5 Å². The highest BCUT2D eigenvalue weighted by Crippen LogP contribution is 2.16. The molecule has 0 spiro atoms. The van der Waals surface area contributed by atoms with Crippen LogP contribution in [0.1, 0.15) is 13.3 Å². The molecule has 0 aromatic heterocycles. The molecule has 1 N–H and O–H groups in total. The standard InChI is InChI=1S/C10H13BrClNO2S/c1-8(5-6-12)13-16(14,15)10-4-2-3-9(11)7-10/h2-4,7-8,13H,5-6H2,1H3. The number of sulfonamides is 1. The largest absolute Gasteiger partial charge is 0.240 e. The van der Waals surface area contributed by atoms with E-state index in [2.05, 4.69) is 20.7 Å². The number of hydrogen-bond donors (Lipinski definition) is 1. The minimum absolute atomic E-state index is 0.165. The normalized spacial score (nSPS) is 13.7. The third kappa shape index (κ3) is 4.05. The van der Waals surface area contributed by atoms with Gasteiger partial charge in [0.15, 0.2) is 0 Å². The second kappa shape index (κ2) is 6.00. The van der Waals surface area contributed by atoms with Crippen molar-refractivity contribution in [1.82, 2.24) is 4.72 Å². The van der Waals surface area contributed by atoms with E-state index in [1.807, 2.05) is 0 Å². The zero-order valence-electron chi connectivity index (χ0n) is 8.78. The van der Waals surface area contributed by atoms with Crippen molar-refractivity contribution < 1.29 is 8.42 Å². The number of alkyl halides is 1. The van der Waals surface area contributed by atoms with Crippen molar-refractivity contribution in [2.75, 3.05) is 5.88 Å². The van der Waals surface area contributed by atoms with Gasteiger partial charge in [0.1, 0.15) is 0 Å². The third-order valence-corrected chi connectivity index (χ3v) is 4.30. The Bertz CT molecular complexity index is 450. The zero-order chi connectivity index (χ0) is 12.2. The molecule has 16 heavy (non-hydrogen) atoms. The lowest BCUT2D eigenvalue weighted by Crippen LogP contribution is -2.32. The van der Waals surface area contributed by atoms with E-state index >= 15 is 0 Å². The number of rotatable bonds is 5. The van der Waals surface area contributed by atoms with E-state index in [-0.39, 0.29) is 10.9 Å². The Labute approximate surface area is 109 Å². The summed E-state index contributed by atoms with van der Waals surface area (Å²) < 4.78 is 27.1. The molecule has 0 heterocycles. The highest BCUT2D eigenvalue weighted by Gasteiger charge is 2.16. The second-order valence-electron chi connectivity index (χ2n) is 3.46. The molecule has 0 fully saturated rings.